The highest BCUT2D eigenvalue weighted by atomic mass is 16.5. The number of nitrogens with two attached hydrogens (primary N) is 1. The smallest absolute Gasteiger partial charge is 0.158 e. The van der Waals surface area contributed by atoms with Crippen molar-refractivity contribution in [2.45, 2.75) is 6.61 Å². The highest BCUT2D eigenvalue weighted by Gasteiger charge is 2.14. The summed E-state index contributed by atoms with van der Waals surface area (Å²) in [7, 11) is 3.22. The van der Waals surface area contributed by atoms with E-state index in [9.17, 15) is 0 Å². The van der Waals surface area contributed by atoms with Crippen LogP contribution in [0, 0.1) is 0 Å². The van der Waals surface area contributed by atoms with Crippen molar-refractivity contribution in [3.63, 3.8) is 0 Å². The van der Waals surface area contributed by atoms with Gasteiger partial charge in [0.05, 0.1) is 23.4 Å². The molecule has 1 aromatic carbocycles. The molecule has 0 aliphatic rings. The van der Waals surface area contributed by atoms with E-state index in [1.165, 1.54) is 0 Å². The number of aromatic nitrogens is 3. The van der Waals surface area contributed by atoms with E-state index < -0.39 is 0 Å². The Labute approximate surface area is 109 Å². The van der Waals surface area contributed by atoms with E-state index in [2.05, 4.69) is 15.0 Å². The fourth-order valence-electron chi connectivity index (χ4n) is 2.25. The van der Waals surface area contributed by atoms with Crippen LogP contribution in [-0.2, 0) is 11.3 Å². The summed E-state index contributed by atoms with van der Waals surface area (Å²) in [6.07, 6.45) is 0. The zero-order valence-corrected chi connectivity index (χ0v) is 10.7. The SMILES string of the molecule is COCc1nc(N)c2c(n1)[nH]c1cccc(OC)c12. The molecule has 2 aromatic heterocycles. The van der Waals surface area contributed by atoms with Gasteiger partial charge in [-0.1, -0.05) is 6.07 Å². The molecule has 6 heteroatoms. The molecule has 0 bridgehead atoms. The van der Waals surface area contributed by atoms with Gasteiger partial charge in [0, 0.05) is 7.11 Å². The molecule has 3 aromatic rings. The molecule has 0 aliphatic heterocycles. The van der Waals surface area contributed by atoms with Crippen LogP contribution in [0.25, 0.3) is 21.9 Å². The summed E-state index contributed by atoms with van der Waals surface area (Å²) in [5, 5.41) is 1.69. The first-order chi connectivity index (χ1) is 9.24. The van der Waals surface area contributed by atoms with E-state index in [4.69, 9.17) is 15.2 Å². The van der Waals surface area contributed by atoms with Gasteiger partial charge in [0.25, 0.3) is 0 Å². The Morgan fingerprint density at radius 3 is 2.79 bits per heavy atom. The second kappa shape index (κ2) is 4.40. The lowest BCUT2D eigenvalue weighted by atomic mass is 10.2. The van der Waals surface area contributed by atoms with Crippen molar-refractivity contribution in [2.24, 2.45) is 0 Å². The van der Waals surface area contributed by atoms with Crippen LogP contribution in [0.1, 0.15) is 5.82 Å². The Kier molecular flexibility index (Phi) is 2.72. The van der Waals surface area contributed by atoms with Gasteiger partial charge in [-0.2, -0.15) is 0 Å². The number of nitrogen functional groups attached to an aromatic ring is 1. The van der Waals surface area contributed by atoms with Crippen molar-refractivity contribution < 1.29 is 9.47 Å². The molecular formula is C13H14N4O2. The van der Waals surface area contributed by atoms with Gasteiger partial charge in [0.15, 0.2) is 5.82 Å². The Morgan fingerprint density at radius 1 is 1.21 bits per heavy atom. The van der Waals surface area contributed by atoms with Gasteiger partial charge in [-0.3, -0.25) is 0 Å². The van der Waals surface area contributed by atoms with Crippen LogP contribution < -0.4 is 10.5 Å². The van der Waals surface area contributed by atoms with Gasteiger partial charge in [0.1, 0.15) is 23.8 Å². The summed E-state index contributed by atoms with van der Waals surface area (Å²) in [6, 6.07) is 5.75. The van der Waals surface area contributed by atoms with E-state index in [1.54, 1.807) is 14.2 Å². The van der Waals surface area contributed by atoms with Crippen LogP contribution in [0.3, 0.4) is 0 Å². The van der Waals surface area contributed by atoms with Crippen LogP contribution in [0.4, 0.5) is 5.82 Å². The molecule has 0 saturated heterocycles. The summed E-state index contributed by atoms with van der Waals surface area (Å²) in [5.41, 5.74) is 7.65. The maximum Gasteiger partial charge on any atom is 0.158 e. The average Bonchev–Trinajstić information content (AvgIpc) is 2.77. The number of fused-ring (bicyclic) bond motifs is 3. The number of anilines is 1. The third-order valence-corrected chi connectivity index (χ3v) is 3.01. The van der Waals surface area contributed by atoms with Gasteiger partial charge >= 0.3 is 0 Å². The number of nitrogens with one attached hydrogen (secondary N) is 1. The van der Waals surface area contributed by atoms with Crippen LogP contribution in [0.2, 0.25) is 0 Å². The van der Waals surface area contributed by atoms with E-state index in [0.717, 1.165) is 22.0 Å². The second-order valence-corrected chi connectivity index (χ2v) is 4.19. The largest absolute Gasteiger partial charge is 0.496 e. The van der Waals surface area contributed by atoms with Crippen LogP contribution in [0.15, 0.2) is 18.2 Å². The van der Waals surface area contributed by atoms with E-state index in [0.29, 0.717) is 23.9 Å². The summed E-state index contributed by atoms with van der Waals surface area (Å²) in [5.74, 6) is 1.73. The molecule has 2 heterocycles. The Bertz CT molecular complexity index is 751. The molecule has 0 saturated carbocycles. The minimum absolute atomic E-state index is 0.326. The number of aromatic amines is 1. The van der Waals surface area contributed by atoms with Crippen LogP contribution in [-0.4, -0.2) is 29.2 Å². The Hall–Kier alpha value is -2.34. The van der Waals surface area contributed by atoms with Crippen molar-refractivity contribution in [2.75, 3.05) is 20.0 Å². The lowest BCUT2D eigenvalue weighted by Gasteiger charge is -2.04. The van der Waals surface area contributed by atoms with Gasteiger partial charge in [0.2, 0.25) is 0 Å². The van der Waals surface area contributed by atoms with Crippen molar-refractivity contribution in [3.8, 4) is 5.75 Å². The topological polar surface area (TPSA) is 86.0 Å². The molecule has 19 heavy (non-hydrogen) atoms. The number of methoxy groups -OCH3 is 2. The zero-order chi connectivity index (χ0) is 13.4. The third-order valence-electron chi connectivity index (χ3n) is 3.01. The number of H-pyrrole nitrogens is 1. The van der Waals surface area contributed by atoms with Gasteiger partial charge in [-0.15, -0.1) is 0 Å². The molecule has 3 N–H and O–H groups in total. The lowest BCUT2D eigenvalue weighted by molar-refractivity contribution is 0.178. The van der Waals surface area contributed by atoms with E-state index in [1.807, 2.05) is 18.2 Å². The molecule has 0 unspecified atom stereocenters. The maximum atomic E-state index is 6.04. The molecule has 0 aliphatic carbocycles. The second-order valence-electron chi connectivity index (χ2n) is 4.19. The molecular weight excluding hydrogens is 244 g/mol. The minimum Gasteiger partial charge on any atom is -0.496 e. The fourth-order valence-corrected chi connectivity index (χ4v) is 2.25. The predicted octanol–water partition coefficient (Wildman–Crippen LogP) is 1.85. The first-order valence-corrected chi connectivity index (χ1v) is 5.84. The predicted molar refractivity (Wildman–Crippen MR) is 73.1 cm³/mol. The van der Waals surface area contributed by atoms with E-state index in [-0.39, 0.29) is 0 Å². The Morgan fingerprint density at radius 2 is 2.05 bits per heavy atom. The maximum absolute atomic E-state index is 6.04. The van der Waals surface area contributed by atoms with Crippen molar-refractivity contribution in [3.05, 3.63) is 24.0 Å². The molecule has 0 fully saturated rings. The molecule has 3 rings (SSSR count). The van der Waals surface area contributed by atoms with Gasteiger partial charge < -0.3 is 20.2 Å². The normalized spacial score (nSPS) is 11.3. The number of nitrogens with zero attached hydrogens (tertiary/aromatic N) is 2. The summed E-state index contributed by atoms with van der Waals surface area (Å²) >= 11 is 0. The fraction of sp³-hybridized carbons (Fsp3) is 0.231. The van der Waals surface area contributed by atoms with E-state index >= 15 is 0 Å². The number of hydrogen-bond donors (Lipinski definition) is 2. The molecule has 0 spiro atoms. The van der Waals surface area contributed by atoms with Crippen molar-refractivity contribution in [1.29, 1.82) is 0 Å². The molecule has 0 atom stereocenters. The summed E-state index contributed by atoms with van der Waals surface area (Å²) in [4.78, 5) is 11.9. The van der Waals surface area contributed by atoms with Gasteiger partial charge in [-0.05, 0) is 12.1 Å². The highest BCUT2D eigenvalue weighted by molar-refractivity contribution is 6.13. The number of ether oxygens (including phenoxy) is 2. The molecule has 0 radical (unpaired) electrons. The standard InChI is InChI=1S/C13H14N4O2/c1-18-6-9-16-12(14)11-10-7(15-13(11)17-9)4-3-5-8(10)19-2/h3-5H,6H2,1-2H3,(H3,14,15,16,17). The van der Waals surface area contributed by atoms with Gasteiger partial charge in [-0.25, -0.2) is 9.97 Å². The number of benzene rings is 1. The summed E-state index contributed by atoms with van der Waals surface area (Å²) < 4.78 is 10.4. The molecule has 98 valence electrons. The molecule has 6 nitrogen and oxygen atoms in total. The third kappa shape index (κ3) is 1.77. The Balaban J connectivity index is 2.38. The summed E-state index contributed by atoms with van der Waals surface area (Å²) in [6.45, 7) is 0.326. The van der Waals surface area contributed by atoms with Crippen molar-refractivity contribution >= 4 is 27.8 Å². The van der Waals surface area contributed by atoms with Crippen LogP contribution >= 0.6 is 0 Å². The first-order valence-electron chi connectivity index (χ1n) is 5.84. The first kappa shape index (κ1) is 11.7. The van der Waals surface area contributed by atoms with Crippen molar-refractivity contribution in [1.82, 2.24) is 15.0 Å². The number of rotatable bonds is 3. The quantitative estimate of drug-likeness (QED) is 0.748. The average molecular weight is 258 g/mol. The van der Waals surface area contributed by atoms with Crippen LogP contribution in [0.5, 0.6) is 5.75 Å². The number of hydrogen-bond acceptors (Lipinski definition) is 5. The lowest BCUT2D eigenvalue weighted by Crippen LogP contribution is -2.01. The molecule has 0 amide bonds. The highest BCUT2D eigenvalue weighted by Crippen LogP contribution is 2.34. The zero-order valence-electron chi connectivity index (χ0n) is 10.7. The monoisotopic (exact) mass is 258 g/mol. The minimum atomic E-state index is 0.326.